The molecular weight excluding hydrogens is 296 g/mol. The molecule has 0 unspecified atom stereocenters. The third-order valence-corrected chi connectivity index (χ3v) is 3.61. The molecule has 6 heteroatoms. The number of methoxy groups -OCH3 is 1. The van der Waals surface area contributed by atoms with Crippen molar-refractivity contribution in [2.75, 3.05) is 7.11 Å². The van der Waals surface area contributed by atoms with Crippen LogP contribution in [-0.2, 0) is 4.79 Å². The zero-order chi connectivity index (χ0) is 17.0. The first-order chi connectivity index (χ1) is 10.8. The lowest BCUT2D eigenvalue weighted by molar-refractivity contribution is -0.117. The molecule has 1 amide bonds. The lowest BCUT2D eigenvalue weighted by Crippen LogP contribution is -2.27. The summed E-state index contributed by atoms with van der Waals surface area (Å²) in [5.74, 6) is 0.0676. The van der Waals surface area contributed by atoms with Crippen LogP contribution in [0.2, 0.25) is 0 Å². The first-order valence-electron chi connectivity index (χ1n) is 7.25. The van der Waals surface area contributed by atoms with Gasteiger partial charge in [-0.25, -0.2) is 5.43 Å². The minimum atomic E-state index is -0.410. The summed E-state index contributed by atoms with van der Waals surface area (Å²) in [6, 6.07) is 6.54. The summed E-state index contributed by atoms with van der Waals surface area (Å²) in [4.78, 5) is 23.9. The number of carbonyl (C=O) groups excluding carboxylic acids is 2. The van der Waals surface area contributed by atoms with Gasteiger partial charge in [0.25, 0.3) is 5.91 Å². The van der Waals surface area contributed by atoms with E-state index >= 15 is 0 Å². The van der Waals surface area contributed by atoms with Gasteiger partial charge < -0.3 is 9.84 Å². The molecule has 23 heavy (non-hydrogen) atoms. The summed E-state index contributed by atoms with van der Waals surface area (Å²) in [6.07, 6.45) is 1.95. The Balaban J connectivity index is 2.03. The molecule has 0 heterocycles. The minimum absolute atomic E-state index is 0.00805. The molecule has 6 nitrogen and oxygen atoms in total. The number of Topliss-reactive ketones (excluding diaryl/α,β-unsaturated/α-hetero) is 1. The number of nitrogens with zero attached hydrogens (tertiary/aromatic N) is 1. The van der Waals surface area contributed by atoms with Gasteiger partial charge in [-0.15, -0.1) is 0 Å². The quantitative estimate of drug-likeness (QED) is 0.660. The number of hydrogen-bond acceptors (Lipinski definition) is 5. The van der Waals surface area contributed by atoms with Crippen LogP contribution >= 0.6 is 0 Å². The molecule has 0 radical (unpaired) electrons. The molecule has 2 N–H and O–H groups in total. The van der Waals surface area contributed by atoms with E-state index in [4.69, 9.17) is 4.74 Å². The van der Waals surface area contributed by atoms with Gasteiger partial charge in [0.05, 0.1) is 18.9 Å². The van der Waals surface area contributed by atoms with Crippen molar-refractivity contribution >= 4 is 17.9 Å². The van der Waals surface area contributed by atoms with Crippen molar-refractivity contribution in [2.24, 2.45) is 10.5 Å². The van der Waals surface area contributed by atoms with Crippen molar-refractivity contribution in [3.63, 3.8) is 0 Å². The number of carbonyl (C=O) groups is 2. The standard InChI is InChI=1S/C17H20N2O4/c1-17(2)8-14(20)13(15(21)9-17)10-18-19-16(22)11-4-6-12(23-3)7-5-11/h4-7,10,20H,8-9H2,1-3H3,(H,19,22)/b18-10+. The predicted octanol–water partition coefficient (Wildman–Crippen LogP) is 2.61. The average Bonchev–Trinajstić information content (AvgIpc) is 2.49. The van der Waals surface area contributed by atoms with Crippen LogP contribution in [0.3, 0.4) is 0 Å². The second kappa shape index (κ2) is 6.64. The molecule has 0 spiro atoms. The molecule has 0 aliphatic heterocycles. The number of amides is 1. The number of aliphatic hydroxyl groups excluding tert-OH is 1. The molecule has 1 aromatic carbocycles. The van der Waals surface area contributed by atoms with E-state index in [-0.39, 0.29) is 22.5 Å². The third kappa shape index (κ3) is 4.18. The first-order valence-corrected chi connectivity index (χ1v) is 7.25. The van der Waals surface area contributed by atoms with Crippen molar-refractivity contribution in [1.29, 1.82) is 0 Å². The van der Waals surface area contributed by atoms with E-state index in [1.165, 1.54) is 6.21 Å². The maximum Gasteiger partial charge on any atom is 0.271 e. The van der Waals surface area contributed by atoms with Crippen LogP contribution in [0.4, 0.5) is 0 Å². The molecule has 0 bridgehead atoms. The van der Waals surface area contributed by atoms with E-state index in [9.17, 15) is 14.7 Å². The average molecular weight is 316 g/mol. The van der Waals surface area contributed by atoms with Crippen molar-refractivity contribution < 1.29 is 19.4 Å². The van der Waals surface area contributed by atoms with Crippen molar-refractivity contribution in [1.82, 2.24) is 5.43 Å². The Morgan fingerprint density at radius 1 is 1.30 bits per heavy atom. The molecule has 1 aromatic rings. The Morgan fingerprint density at radius 3 is 2.52 bits per heavy atom. The number of benzene rings is 1. The maximum absolute atomic E-state index is 12.0. The van der Waals surface area contributed by atoms with E-state index in [2.05, 4.69) is 10.5 Å². The Labute approximate surface area is 134 Å². The summed E-state index contributed by atoms with van der Waals surface area (Å²) in [6.45, 7) is 3.83. The smallest absolute Gasteiger partial charge is 0.271 e. The van der Waals surface area contributed by atoms with Crippen LogP contribution < -0.4 is 10.2 Å². The Bertz CT molecular complexity index is 672. The number of aliphatic hydroxyl groups is 1. The Morgan fingerprint density at radius 2 is 1.96 bits per heavy atom. The van der Waals surface area contributed by atoms with Crippen LogP contribution in [0.1, 0.15) is 37.0 Å². The molecule has 0 aromatic heterocycles. The topological polar surface area (TPSA) is 88.0 Å². The van der Waals surface area contributed by atoms with Gasteiger partial charge in [-0.1, -0.05) is 13.8 Å². The van der Waals surface area contributed by atoms with Crippen LogP contribution in [0.5, 0.6) is 5.75 Å². The molecule has 122 valence electrons. The molecule has 0 saturated heterocycles. The number of allylic oxidation sites excluding steroid dienone is 2. The molecule has 0 fully saturated rings. The monoisotopic (exact) mass is 316 g/mol. The zero-order valence-corrected chi connectivity index (χ0v) is 13.4. The van der Waals surface area contributed by atoms with Gasteiger partial charge in [-0.05, 0) is 29.7 Å². The van der Waals surface area contributed by atoms with E-state index < -0.39 is 5.91 Å². The SMILES string of the molecule is COc1ccc(C(=O)N/N=C/C2=C(O)CC(C)(C)CC2=O)cc1. The van der Waals surface area contributed by atoms with E-state index in [0.717, 1.165) is 0 Å². The summed E-state index contributed by atoms with van der Waals surface area (Å²) in [5, 5.41) is 13.7. The molecule has 0 saturated carbocycles. The fraction of sp³-hybridized carbons (Fsp3) is 0.353. The van der Waals surface area contributed by atoms with Crippen LogP contribution in [0, 0.1) is 5.41 Å². The summed E-state index contributed by atoms with van der Waals surface area (Å²) in [5.41, 5.74) is 2.64. The van der Waals surface area contributed by atoms with Crippen LogP contribution in [0.25, 0.3) is 0 Å². The number of nitrogens with one attached hydrogen (secondary N) is 1. The van der Waals surface area contributed by atoms with Gasteiger partial charge in [0.15, 0.2) is 5.78 Å². The summed E-state index contributed by atoms with van der Waals surface area (Å²) >= 11 is 0. The minimum Gasteiger partial charge on any atom is -0.511 e. The predicted molar refractivity (Wildman–Crippen MR) is 86.6 cm³/mol. The van der Waals surface area contributed by atoms with E-state index in [1.54, 1.807) is 31.4 Å². The van der Waals surface area contributed by atoms with Crippen molar-refractivity contribution in [3.8, 4) is 5.75 Å². The maximum atomic E-state index is 12.0. The highest BCUT2D eigenvalue weighted by Crippen LogP contribution is 2.35. The van der Waals surface area contributed by atoms with Crippen molar-refractivity contribution in [2.45, 2.75) is 26.7 Å². The number of hydrazone groups is 1. The van der Waals surface area contributed by atoms with E-state index in [1.807, 2.05) is 13.8 Å². The highest BCUT2D eigenvalue weighted by Gasteiger charge is 2.32. The summed E-state index contributed by atoms with van der Waals surface area (Å²) < 4.78 is 5.02. The van der Waals surface area contributed by atoms with E-state index in [0.29, 0.717) is 24.2 Å². The van der Waals surface area contributed by atoms with Gasteiger partial charge in [0.1, 0.15) is 11.5 Å². The number of ether oxygens (including phenoxy) is 1. The number of ketones is 1. The fourth-order valence-electron chi connectivity index (χ4n) is 2.41. The zero-order valence-electron chi connectivity index (χ0n) is 13.4. The highest BCUT2D eigenvalue weighted by atomic mass is 16.5. The second-order valence-electron chi connectivity index (χ2n) is 6.23. The molecule has 1 aliphatic carbocycles. The fourth-order valence-corrected chi connectivity index (χ4v) is 2.41. The number of rotatable bonds is 4. The van der Waals surface area contributed by atoms with Crippen LogP contribution in [-0.4, -0.2) is 30.1 Å². The largest absolute Gasteiger partial charge is 0.511 e. The normalized spacial score (nSPS) is 17.4. The van der Waals surface area contributed by atoms with Gasteiger partial charge in [-0.2, -0.15) is 5.10 Å². The van der Waals surface area contributed by atoms with Gasteiger partial charge in [0, 0.05) is 18.4 Å². The van der Waals surface area contributed by atoms with Gasteiger partial charge in [0.2, 0.25) is 0 Å². The van der Waals surface area contributed by atoms with Gasteiger partial charge >= 0.3 is 0 Å². The van der Waals surface area contributed by atoms with Gasteiger partial charge in [-0.3, -0.25) is 9.59 Å². The molecular formula is C17H20N2O4. The lowest BCUT2D eigenvalue weighted by atomic mass is 9.77. The number of hydrogen-bond donors (Lipinski definition) is 2. The third-order valence-electron chi connectivity index (χ3n) is 3.61. The second-order valence-corrected chi connectivity index (χ2v) is 6.23. The Kier molecular flexibility index (Phi) is 4.83. The van der Waals surface area contributed by atoms with Crippen LogP contribution in [0.15, 0.2) is 40.7 Å². The molecule has 0 atom stereocenters. The highest BCUT2D eigenvalue weighted by molar-refractivity contribution is 6.14. The lowest BCUT2D eigenvalue weighted by Gasteiger charge is -2.28. The first kappa shape index (κ1) is 16.7. The van der Waals surface area contributed by atoms with Crippen molar-refractivity contribution in [3.05, 3.63) is 41.2 Å². The molecule has 1 aliphatic rings. The molecule has 2 rings (SSSR count). The summed E-state index contributed by atoms with van der Waals surface area (Å²) in [7, 11) is 1.54. The Hall–Kier alpha value is -2.63.